The van der Waals surface area contributed by atoms with Gasteiger partial charge in [0.1, 0.15) is 17.4 Å². The smallest absolute Gasteiger partial charge is 0.411 e. The molecule has 0 fully saturated rings. The third-order valence-corrected chi connectivity index (χ3v) is 2.97. The average Bonchev–Trinajstić information content (AvgIpc) is 2.42. The van der Waals surface area contributed by atoms with Gasteiger partial charge in [-0.25, -0.2) is 9.59 Å². The number of amides is 1. The lowest BCUT2D eigenvalue weighted by Gasteiger charge is -2.35. The monoisotopic (exact) mass is 301 g/mol. The van der Waals surface area contributed by atoms with Crippen LogP contribution in [0.5, 0.6) is 0 Å². The summed E-state index contributed by atoms with van der Waals surface area (Å²) in [6, 6.07) is -0.793. The molecule has 120 valence electrons. The summed E-state index contributed by atoms with van der Waals surface area (Å²) < 4.78 is 20.5. The average molecular weight is 301 g/mol. The number of rotatable bonds is 3. The maximum Gasteiger partial charge on any atom is 0.411 e. The van der Waals surface area contributed by atoms with Crippen molar-refractivity contribution in [2.24, 2.45) is 0 Å². The standard InChI is InChI=1S/C14H23NO6/c1-14(2,3)21-13(17)15-8-11(19-5)10(18-4)7-9(15)12(16)20-6/h9H,7-8H2,1-6H3. The quantitative estimate of drug-likeness (QED) is 0.738. The van der Waals surface area contributed by atoms with E-state index < -0.39 is 23.7 Å². The molecular weight excluding hydrogens is 278 g/mol. The molecule has 7 heteroatoms. The lowest BCUT2D eigenvalue weighted by atomic mass is 10.1. The van der Waals surface area contributed by atoms with Crippen molar-refractivity contribution in [1.82, 2.24) is 4.90 Å². The number of ether oxygens (including phenoxy) is 4. The fourth-order valence-corrected chi connectivity index (χ4v) is 1.99. The summed E-state index contributed by atoms with van der Waals surface area (Å²) >= 11 is 0. The van der Waals surface area contributed by atoms with Gasteiger partial charge in [-0.15, -0.1) is 0 Å². The molecule has 0 aliphatic carbocycles. The number of hydrogen-bond donors (Lipinski definition) is 0. The van der Waals surface area contributed by atoms with Crippen LogP contribution in [-0.2, 0) is 23.7 Å². The molecular formula is C14H23NO6. The first-order chi connectivity index (χ1) is 9.73. The van der Waals surface area contributed by atoms with Gasteiger partial charge < -0.3 is 18.9 Å². The zero-order valence-electron chi connectivity index (χ0n) is 13.4. The Hall–Kier alpha value is -1.92. The summed E-state index contributed by atoms with van der Waals surface area (Å²) in [5, 5.41) is 0. The lowest BCUT2D eigenvalue weighted by Crippen LogP contribution is -2.51. The molecule has 0 radical (unpaired) electrons. The summed E-state index contributed by atoms with van der Waals surface area (Å²) in [7, 11) is 4.25. The Kier molecular flexibility index (Phi) is 5.46. The molecule has 1 aliphatic rings. The second kappa shape index (κ2) is 6.69. The molecule has 0 aromatic heterocycles. The van der Waals surface area contributed by atoms with Crippen LogP contribution in [-0.4, -0.2) is 56.5 Å². The van der Waals surface area contributed by atoms with Crippen molar-refractivity contribution in [2.75, 3.05) is 27.9 Å². The van der Waals surface area contributed by atoms with Gasteiger partial charge in [0, 0.05) is 6.42 Å². The first-order valence-electron chi connectivity index (χ1n) is 6.61. The molecule has 1 aliphatic heterocycles. The van der Waals surface area contributed by atoms with Gasteiger partial charge in [0.15, 0.2) is 5.76 Å². The summed E-state index contributed by atoms with van der Waals surface area (Å²) in [6.07, 6.45) is -0.409. The van der Waals surface area contributed by atoms with Crippen molar-refractivity contribution in [2.45, 2.75) is 38.8 Å². The molecule has 7 nitrogen and oxygen atoms in total. The van der Waals surface area contributed by atoms with Crippen LogP contribution in [0.3, 0.4) is 0 Å². The van der Waals surface area contributed by atoms with Crippen LogP contribution < -0.4 is 0 Å². The van der Waals surface area contributed by atoms with Gasteiger partial charge in [-0.1, -0.05) is 0 Å². The molecule has 1 atom stereocenters. The fraction of sp³-hybridized carbons (Fsp3) is 0.714. The number of hydrogen-bond acceptors (Lipinski definition) is 6. The molecule has 1 unspecified atom stereocenters. The van der Waals surface area contributed by atoms with Crippen LogP contribution in [0.25, 0.3) is 0 Å². The van der Waals surface area contributed by atoms with Gasteiger partial charge in [-0.2, -0.15) is 0 Å². The topological polar surface area (TPSA) is 74.3 Å². The highest BCUT2D eigenvalue weighted by Gasteiger charge is 2.39. The van der Waals surface area contributed by atoms with E-state index in [9.17, 15) is 9.59 Å². The first kappa shape index (κ1) is 17.1. The Morgan fingerprint density at radius 2 is 1.67 bits per heavy atom. The molecule has 1 heterocycles. The minimum absolute atomic E-state index is 0.0916. The Bertz CT molecular complexity index is 437. The summed E-state index contributed by atoms with van der Waals surface area (Å²) in [5.41, 5.74) is -0.657. The van der Waals surface area contributed by atoms with Gasteiger partial charge in [-0.05, 0) is 20.8 Å². The van der Waals surface area contributed by atoms with Crippen molar-refractivity contribution in [3.8, 4) is 0 Å². The highest BCUT2D eigenvalue weighted by Crippen LogP contribution is 2.26. The zero-order valence-corrected chi connectivity index (χ0v) is 13.4. The minimum atomic E-state index is -0.793. The largest absolute Gasteiger partial charge is 0.497 e. The molecule has 1 amide bonds. The molecule has 0 saturated heterocycles. The minimum Gasteiger partial charge on any atom is -0.497 e. The Labute approximate surface area is 124 Å². The predicted octanol–water partition coefficient (Wildman–Crippen LogP) is 1.67. The fourth-order valence-electron chi connectivity index (χ4n) is 1.99. The van der Waals surface area contributed by atoms with Gasteiger partial charge in [0.05, 0.1) is 27.9 Å². The van der Waals surface area contributed by atoms with Crippen LogP contribution in [0.4, 0.5) is 4.79 Å². The van der Waals surface area contributed by atoms with Crippen LogP contribution in [0.2, 0.25) is 0 Å². The van der Waals surface area contributed by atoms with E-state index in [-0.39, 0.29) is 13.0 Å². The molecule has 0 N–H and O–H groups in total. The van der Waals surface area contributed by atoms with E-state index in [1.165, 1.54) is 26.2 Å². The van der Waals surface area contributed by atoms with E-state index in [0.717, 1.165) is 0 Å². The van der Waals surface area contributed by atoms with E-state index in [4.69, 9.17) is 18.9 Å². The Morgan fingerprint density at radius 3 is 2.10 bits per heavy atom. The maximum atomic E-state index is 12.3. The van der Waals surface area contributed by atoms with Crippen LogP contribution in [0, 0.1) is 0 Å². The SMILES string of the molecule is COC(=O)C1CC(OC)=C(OC)CN1C(=O)OC(C)(C)C. The zero-order chi connectivity index (χ0) is 16.2. The second-order valence-corrected chi connectivity index (χ2v) is 5.61. The summed E-state index contributed by atoms with van der Waals surface area (Å²) in [6.45, 7) is 5.37. The van der Waals surface area contributed by atoms with Crippen LogP contribution in [0.1, 0.15) is 27.2 Å². The Balaban J connectivity index is 3.05. The summed E-state index contributed by atoms with van der Waals surface area (Å²) in [5.74, 6) is 0.488. The lowest BCUT2D eigenvalue weighted by molar-refractivity contribution is -0.147. The van der Waals surface area contributed by atoms with Crippen molar-refractivity contribution in [1.29, 1.82) is 0 Å². The second-order valence-electron chi connectivity index (χ2n) is 5.61. The molecule has 0 saturated carbocycles. The molecule has 21 heavy (non-hydrogen) atoms. The number of nitrogens with zero attached hydrogens (tertiary/aromatic N) is 1. The van der Waals surface area contributed by atoms with Crippen molar-refractivity contribution >= 4 is 12.1 Å². The number of esters is 1. The van der Waals surface area contributed by atoms with Gasteiger partial charge in [-0.3, -0.25) is 4.90 Å². The molecule has 1 rings (SSSR count). The van der Waals surface area contributed by atoms with Gasteiger partial charge in [0.25, 0.3) is 0 Å². The normalized spacial score (nSPS) is 19.1. The first-order valence-corrected chi connectivity index (χ1v) is 6.61. The molecule has 0 aromatic rings. The highest BCUT2D eigenvalue weighted by molar-refractivity contribution is 5.82. The number of carbonyl (C=O) groups excluding carboxylic acids is 2. The highest BCUT2D eigenvalue weighted by atomic mass is 16.6. The Morgan fingerprint density at radius 1 is 1.10 bits per heavy atom. The van der Waals surface area contributed by atoms with Gasteiger partial charge in [0.2, 0.25) is 0 Å². The van der Waals surface area contributed by atoms with E-state index >= 15 is 0 Å². The maximum absolute atomic E-state index is 12.3. The van der Waals surface area contributed by atoms with Crippen molar-refractivity contribution in [3.05, 3.63) is 11.5 Å². The molecule has 0 bridgehead atoms. The third-order valence-electron chi connectivity index (χ3n) is 2.97. The van der Waals surface area contributed by atoms with E-state index in [1.54, 1.807) is 20.8 Å². The predicted molar refractivity (Wildman–Crippen MR) is 74.4 cm³/mol. The van der Waals surface area contributed by atoms with E-state index in [1.807, 2.05) is 0 Å². The summed E-state index contributed by atoms with van der Waals surface area (Å²) in [4.78, 5) is 25.5. The van der Waals surface area contributed by atoms with Crippen molar-refractivity contribution < 1.29 is 28.5 Å². The van der Waals surface area contributed by atoms with Crippen LogP contribution in [0.15, 0.2) is 11.5 Å². The molecule has 0 aromatic carbocycles. The van der Waals surface area contributed by atoms with E-state index in [2.05, 4.69) is 0 Å². The number of carbonyl (C=O) groups is 2. The molecule has 0 spiro atoms. The number of methoxy groups -OCH3 is 3. The van der Waals surface area contributed by atoms with Crippen LogP contribution >= 0.6 is 0 Å². The van der Waals surface area contributed by atoms with Crippen molar-refractivity contribution in [3.63, 3.8) is 0 Å². The van der Waals surface area contributed by atoms with Gasteiger partial charge >= 0.3 is 12.1 Å². The van der Waals surface area contributed by atoms with E-state index in [0.29, 0.717) is 11.5 Å². The third kappa shape index (κ3) is 4.27.